The fraction of sp³-hybridized carbons (Fsp3) is 0.355. The van der Waals surface area contributed by atoms with Crippen molar-refractivity contribution >= 4 is 46.5 Å². The summed E-state index contributed by atoms with van der Waals surface area (Å²) in [5.74, 6) is -1.25. The summed E-state index contributed by atoms with van der Waals surface area (Å²) in [4.78, 5) is 51.4. The Morgan fingerprint density at radius 2 is 1.48 bits per heavy atom. The first-order valence-electron chi connectivity index (χ1n) is 14.1. The standard InChI is InChI=1S/C31H30ClN5O7/c1-18(38)41-14-23-25(42-19(2)39)26(43-20(3)40)29(44-23)37-17-33-24-27(34-30(32)35-28(24)37)36-15-31(16-36,21-10-6-4-7-11-21)22-12-8-5-9-13-22/h4-13,17,23,25-26,29H,14-16H2,1-3H3/t23-,25?,26?,29-/m1/s1. The largest absolute Gasteiger partial charge is 0.463 e. The maximum absolute atomic E-state index is 12.1. The smallest absolute Gasteiger partial charge is 0.303 e. The van der Waals surface area contributed by atoms with Gasteiger partial charge in [-0.05, 0) is 22.7 Å². The van der Waals surface area contributed by atoms with Crippen molar-refractivity contribution in [2.45, 2.75) is 50.7 Å². The average Bonchev–Trinajstić information content (AvgIpc) is 3.53. The number of anilines is 1. The van der Waals surface area contributed by atoms with E-state index >= 15 is 0 Å². The van der Waals surface area contributed by atoms with Crippen LogP contribution in [0.4, 0.5) is 5.82 Å². The van der Waals surface area contributed by atoms with E-state index in [0.717, 1.165) is 0 Å². The summed E-state index contributed by atoms with van der Waals surface area (Å²) < 4.78 is 24.0. The van der Waals surface area contributed by atoms with Gasteiger partial charge in [-0.15, -0.1) is 0 Å². The molecule has 0 N–H and O–H groups in total. The lowest BCUT2D eigenvalue weighted by atomic mass is 9.68. The normalized spacial score (nSPS) is 22.3. The van der Waals surface area contributed by atoms with Crippen molar-refractivity contribution in [3.05, 3.63) is 83.4 Å². The van der Waals surface area contributed by atoms with Gasteiger partial charge in [-0.2, -0.15) is 9.97 Å². The number of fused-ring (bicyclic) bond motifs is 1. The second-order valence-electron chi connectivity index (χ2n) is 10.8. The van der Waals surface area contributed by atoms with E-state index < -0.39 is 42.4 Å². The molecule has 0 aliphatic carbocycles. The van der Waals surface area contributed by atoms with Crippen LogP contribution in [0.1, 0.15) is 38.1 Å². The molecule has 12 nitrogen and oxygen atoms in total. The van der Waals surface area contributed by atoms with E-state index in [9.17, 15) is 14.4 Å². The highest BCUT2D eigenvalue weighted by atomic mass is 35.5. The Bertz CT molecular complexity index is 1650. The molecule has 228 valence electrons. The van der Waals surface area contributed by atoms with E-state index in [1.165, 1.54) is 38.2 Å². The van der Waals surface area contributed by atoms with Crippen LogP contribution in [0.2, 0.25) is 5.28 Å². The highest BCUT2D eigenvalue weighted by Crippen LogP contribution is 2.44. The van der Waals surface area contributed by atoms with Gasteiger partial charge in [0, 0.05) is 33.9 Å². The number of hydrogen-bond donors (Lipinski definition) is 0. The molecule has 0 spiro atoms. The Balaban J connectivity index is 1.37. The van der Waals surface area contributed by atoms with Gasteiger partial charge >= 0.3 is 17.9 Å². The molecule has 2 unspecified atom stereocenters. The number of ether oxygens (including phenoxy) is 4. The zero-order valence-corrected chi connectivity index (χ0v) is 25.0. The molecule has 0 radical (unpaired) electrons. The summed E-state index contributed by atoms with van der Waals surface area (Å²) in [7, 11) is 0. The van der Waals surface area contributed by atoms with Crippen molar-refractivity contribution < 1.29 is 33.3 Å². The summed E-state index contributed by atoms with van der Waals surface area (Å²) in [5.41, 5.74) is 2.88. The fourth-order valence-corrected chi connectivity index (χ4v) is 6.16. The summed E-state index contributed by atoms with van der Waals surface area (Å²) in [5, 5.41) is -0.0128. The van der Waals surface area contributed by atoms with E-state index in [4.69, 9.17) is 30.5 Å². The topological polar surface area (TPSA) is 135 Å². The molecule has 2 aliphatic rings. The molecular weight excluding hydrogens is 590 g/mol. The molecule has 2 aromatic heterocycles. The van der Waals surface area contributed by atoms with E-state index in [2.05, 4.69) is 44.1 Å². The van der Waals surface area contributed by atoms with Gasteiger partial charge < -0.3 is 23.8 Å². The van der Waals surface area contributed by atoms with Crippen molar-refractivity contribution in [1.29, 1.82) is 0 Å². The van der Waals surface area contributed by atoms with Crippen LogP contribution in [0.3, 0.4) is 0 Å². The number of carbonyl (C=O) groups is 3. The van der Waals surface area contributed by atoms with E-state index in [-0.39, 0.29) is 17.3 Å². The van der Waals surface area contributed by atoms with Crippen LogP contribution < -0.4 is 4.90 Å². The van der Waals surface area contributed by atoms with Crippen molar-refractivity contribution in [3.8, 4) is 0 Å². The number of hydrogen-bond acceptors (Lipinski definition) is 11. The van der Waals surface area contributed by atoms with Crippen LogP contribution in [0.15, 0.2) is 67.0 Å². The summed E-state index contributed by atoms with van der Waals surface area (Å²) in [6.07, 6.45) is -2.64. The Hall–Kier alpha value is -4.55. The van der Waals surface area contributed by atoms with Gasteiger partial charge in [0.1, 0.15) is 12.7 Å². The maximum Gasteiger partial charge on any atom is 0.303 e. The molecule has 44 heavy (non-hydrogen) atoms. The average molecular weight is 620 g/mol. The summed E-state index contributed by atoms with van der Waals surface area (Å²) >= 11 is 6.48. The van der Waals surface area contributed by atoms with Crippen LogP contribution >= 0.6 is 11.6 Å². The molecule has 0 saturated carbocycles. The minimum Gasteiger partial charge on any atom is -0.463 e. The van der Waals surface area contributed by atoms with Crippen molar-refractivity contribution in [2.75, 3.05) is 24.6 Å². The van der Waals surface area contributed by atoms with Crippen LogP contribution in [0.5, 0.6) is 0 Å². The highest BCUT2D eigenvalue weighted by Gasteiger charge is 2.52. The lowest BCUT2D eigenvalue weighted by molar-refractivity contribution is -0.166. The molecular formula is C31H30ClN5O7. The highest BCUT2D eigenvalue weighted by molar-refractivity contribution is 6.28. The lowest BCUT2D eigenvalue weighted by Crippen LogP contribution is -2.60. The lowest BCUT2D eigenvalue weighted by Gasteiger charge is -2.51. The molecule has 0 bridgehead atoms. The Morgan fingerprint density at radius 3 is 2.05 bits per heavy atom. The molecule has 6 rings (SSSR count). The summed E-state index contributed by atoms with van der Waals surface area (Å²) in [6, 6.07) is 20.6. The fourth-order valence-electron chi connectivity index (χ4n) is 6.00. The van der Waals surface area contributed by atoms with E-state index in [1.807, 2.05) is 36.4 Å². The van der Waals surface area contributed by atoms with Gasteiger partial charge in [-0.1, -0.05) is 60.7 Å². The first kappa shape index (κ1) is 29.5. The van der Waals surface area contributed by atoms with E-state index in [0.29, 0.717) is 30.1 Å². The number of rotatable bonds is 8. The molecule has 4 heterocycles. The SMILES string of the molecule is CC(=O)OC[C@H]1O[C@@H](n2cnc3c(N4CC(c5ccccc5)(c5ccccc5)C4)nc(Cl)nc32)C(OC(C)=O)C1OC(C)=O. The molecule has 2 saturated heterocycles. The molecule has 4 atom stereocenters. The number of carbonyl (C=O) groups excluding carboxylic acids is 3. The first-order chi connectivity index (χ1) is 21.2. The van der Waals surface area contributed by atoms with Gasteiger partial charge in [0.15, 0.2) is 35.4 Å². The second kappa shape index (κ2) is 11.9. The third kappa shape index (κ3) is 5.46. The quantitative estimate of drug-likeness (QED) is 0.163. The molecule has 2 aliphatic heterocycles. The van der Waals surface area contributed by atoms with Crippen molar-refractivity contribution in [3.63, 3.8) is 0 Å². The zero-order valence-electron chi connectivity index (χ0n) is 24.3. The number of halogens is 1. The minimum absolute atomic E-state index is 0.0128. The monoisotopic (exact) mass is 619 g/mol. The third-order valence-electron chi connectivity index (χ3n) is 7.86. The first-order valence-corrected chi connectivity index (χ1v) is 14.4. The van der Waals surface area contributed by atoms with Crippen LogP contribution in [-0.2, 0) is 38.7 Å². The number of nitrogens with zero attached hydrogens (tertiary/aromatic N) is 5. The van der Waals surface area contributed by atoms with Gasteiger partial charge in [0.05, 0.1) is 11.7 Å². The minimum atomic E-state index is -1.10. The molecule has 0 amide bonds. The molecule has 13 heteroatoms. The zero-order chi connectivity index (χ0) is 31.0. The Morgan fingerprint density at radius 1 is 0.886 bits per heavy atom. The Kier molecular flexibility index (Phi) is 7.95. The van der Waals surface area contributed by atoms with Gasteiger partial charge in [0.25, 0.3) is 0 Å². The van der Waals surface area contributed by atoms with Crippen molar-refractivity contribution in [2.24, 2.45) is 0 Å². The predicted molar refractivity (Wildman–Crippen MR) is 158 cm³/mol. The maximum atomic E-state index is 12.1. The molecule has 2 fully saturated rings. The van der Waals surface area contributed by atoms with Crippen LogP contribution in [0.25, 0.3) is 11.2 Å². The Labute approximate surface area is 257 Å². The predicted octanol–water partition coefficient (Wildman–Crippen LogP) is 3.61. The number of esters is 3. The molecule has 2 aromatic carbocycles. The van der Waals surface area contributed by atoms with Gasteiger partial charge in [0.2, 0.25) is 5.28 Å². The van der Waals surface area contributed by atoms with Gasteiger partial charge in [-0.3, -0.25) is 19.0 Å². The summed E-state index contributed by atoms with van der Waals surface area (Å²) in [6.45, 7) is 4.71. The number of aromatic nitrogens is 4. The third-order valence-corrected chi connectivity index (χ3v) is 8.03. The number of benzene rings is 2. The van der Waals surface area contributed by atoms with E-state index in [1.54, 1.807) is 4.57 Å². The number of imidazole rings is 1. The van der Waals surface area contributed by atoms with Gasteiger partial charge in [-0.25, -0.2) is 4.98 Å². The second-order valence-corrected chi connectivity index (χ2v) is 11.2. The van der Waals surface area contributed by atoms with Crippen molar-refractivity contribution in [1.82, 2.24) is 19.5 Å². The molecule has 4 aromatic rings. The van der Waals surface area contributed by atoms with Crippen LogP contribution in [-0.4, -0.2) is 75.4 Å². The van der Waals surface area contributed by atoms with Crippen LogP contribution in [0, 0.1) is 0 Å².